The molecule has 0 radical (unpaired) electrons. The summed E-state index contributed by atoms with van der Waals surface area (Å²) in [5.41, 5.74) is 0.694. The van der Waals surface area contributed by atoms with Crippen LogP contribution in [0.15, 0.2) is 30.3 Å². The van der Waals surface area contributed by atoms with Crippen molar-refractivity contribution in [3.8, 4) is 0 Å². The summed E-state index contributed by atoms with van der Waals surface area (Å²) in [6, 6.07) is 6.48. The van der Waals surface area contributed by atoms with Gasteiger partial charge >= 0.3 is 0 Å². The first kappa shape index (κ1) is 7.73. The molecule has 0 spiro atoms. The van der Waals surface area contributed by atoms with Crippen molar-refractivity contribution in [1.29, 1.82) is 0 Å². The standard InChI is InChI=1S/C10H6O3/c11-8-5-9(12)10(13)7-4-2-1-3-6(7)8/h1-5,11H/i1+2,2+2,3+2,4+2,6+2,7+2. The van der Waals surface area contributed by atoms with Crippen molar-refractivity contribution in [3.63, 3.8) is 0 Å². The van der Waals surface area contributed by atoms with Gasteiger partial charge < -0.3 is 5.11 Å². The smallest absolute Gasteiger partial charge is 0.233 e. The molecular formula is C10H6O3. The Morgan fingerprint density at radius 3 is 2.46 bits per heavy atom. The molecule has 3 heteroatoms. The minimum Gasteiger partial charge on any atom is -0.507 e. The summed E-state index contributed by atoms with van der Waals surface area (Å²) in [5.74, 6) is -1.37. The van der Waals surface area contributed by atoms with Crippen LogP contribution >= 0.6 is 0 Å². The van der Waals surface area contributed by atoms with Gasteiger partial charge in [-0.2, -0.15) is 0 Å². The number of hydrogen-bond acceptors (Lipinski definition) is 3. The van der Waals surface area contributed by atoms with Crippen LogP contribution in [-0.4, -0.2) is 16.7 Å². The molecule has 13 heavy (non-hydrogen) atoms. The number of fused-ring (bicyclic) bond motifs is 1. The summed E-state index contributed by atoms with van der Waals surface area (Å²) in [6.45, 7) is 0. The Morgan fingerprint density at radius 1 is 1.15 bits per heavy atom. The fourth-order valence-electron chi connectivity index (χ4n) is 1.30. The lowest BCUT2D eigenvalue weighted by Gasteiger charge is -2.10. The van der Waals surface area contributed by atoms with Gasteiger partial charge in [0.15, 0.2) is 0 Å². The molecule has 0 amide bonds. The van der Waals surface area contributed by atoms with E-state index < -0.39 is 11.6 Å². The van der Waals surface area contributed by atoms with E-state index in [0.717, 1.165) is 6.08 Å². The second kappa shape index (κ2) is 2.55. The number of benzene rings is 1. The van der Waals surface area contributed by atoms with E-state index in [1.807, 2.05) is 0 Å². The molecule has 3 nitrogen and oxygen atoms in total. The molecule has 1 aromatic rings. The van der Waals surface area contributed by atoms with Crippen LogP contribution in [-0.2, 0) is 4.79 Å². The van der Waals surface area contributed by atoms with E-state index >= 15 is 0 Å². The third-order valence-electron chi connectivity index (χ3n) is 1.94. The summed E-state index contributed by atoms with van der Waals surface area (Å²) in [7, 11) is 0. The van der Waals surface area contributed by atoms with Crippen LogP contribution in [0, 0.1) is 0 Å². The fraction of sp³-hybridized carbons (Fsp3) is 0. The molecule has 1 aromatic carbocycles. The molecule has 64 valence electrons. The minimum atomic E-state index is -0.670. The maximum atomic E-state index is 11.3. The van der Waals surface area contributed by atoms with E-state index in [-0.39, 0.29) is 11.3 Å². The number of carbonyl (C=O) groups is 2. The van der Waals surface area contributed by atoms with E-state index in [4.69, 9.17) is 0 Å². The van der Waals surface area contributed by atoms with Crippen molar-refractivity contribution in [3.05, 3.63) is 41.5 Å². The second-order valence-electron chi connectivity index (χ2n) is 2.77. The molecule has 0 unspecified atom stereocenters. The zero-order valence-corrected chi connectivity index (χ0v) is 6.65. The predicted octanol–water partition coefficient (Wildman–Crippen LogP) is 1.35. The lowest BCUT2D eigenvalue weighted by Crippen LogP contribution is -2.18. The number of allylic oxidation sites excluding steroid dienone is 1. The van der Waals surface area contributed by atoms with Crippen LogP contribution in [0.25, 0.3) is 5.76 Å². The van der Waals surface area contributed by atoms with E-state index in [9.17, 15) is 14.7 Å². The molecule has 2 rings (SSSR count). The van der Waals surface area contributed by atoms with Gasteiger partial charge in [0.05, 0.1) is 0 Å². The Hall–Kier alpha value is -1.90. The van der Waals surface area contributed by atoms with Crippen molar-refractivity contribution in [2.75, 3.05) is 0 Å². The Labute approximate surface area is 74.3 Å². The van der Waals surface area contributed by atoms with E-state index in [1.54, 1.807) is 18.2 Å². The van der Waals surface area contributed by atoms with Gasteiger partial charge in [-0.25, -0.2) is 0 Å². The van der Waals surface area contributed by atoms with Crippen LogP contribution in [0.2, 0.25) is 0 Å². The molecule has 0 heterocycles. The second-order valence-corrected chi connectivity index (χ2v) is 2.77. The molecule has 1 N–H and O–H groups in total. The molecule has 0 bridgehead atoms. The Morgan fingerprint density at radius 2 is 1.77 bits per heavy atom. The molecule has 0 atom stereocenters. The number of Topliss-reactive ketones (excluding diaryl/α,β-unsaturated/α-hetero) is 1. The third-order valence-corrected chi connectivity index (χ3v) is 1.94. The van der Waals surface area contributed by atoms with E-state index in [0.29, 0.717) is 5.56 Å². The van der Waals surface area contributed by atoms with E-state index in [2.05, 4.69) is 0 Å². The first-order chi connectivity index (χ1) is 6.20. The molecular weight excluding hydrogens is 180 g/mol. The van der Waals surface area contributed by atoms with Gasteiger partial charge in [0.1, 0.15) is 5.76 Å². The number of carbonyl (C=O) groups excluding carboxylic acids is 2. The molecule has 0 fully saturated rings. The zero-order chi connectivity index (χ0) is 9.42. The van der Waals surface area contributed by atoms with Crippen molar-refractivity contribution in [2.24, 2.45) is 0 Å². The van der Waals surface area contributed by atoms with Crippen LogP contribution in [0.1, 0.15) is 15.9 Å². The maximum absolute atomic E-state index is 11.3. The number of aliphatic hydroxyl groups excluding tert-OH is 1. The summed E-state index contributed by atoms with van der Waals surface area (Å²) in [5, 5.41) is 9.34. The van der Waals surface area contributed by atoms with Gasteiger partial charge in [0.25, 0.3) is 0 Å². The van der Waals surface area contributed by atoms with Gasteiger partial charge in [0, 0.05) is 17.2 Å². The third kappa shape index (κ3) is 1.05. The number of ketones is 2. The van der Waals surface area contributed by atoms with Gasteiger partial charge in [-0.1, -0.05) is 24.3 Å². The van der Waals surface area contributed by atoms with Crippen molar-refractivity contribution in [1.82, 2.24) is 0 Å². The van der Waals surface area contributed by atoms with Crippen LogP contribution in [0.5, 0.6) is 0 Å². The molecule has 0 aliphatic heterocycles. The lowest BCUT2D eigenvalue weighted by atomic mass is 10.3. The van der Waals surface area contributed by atoms with E-state index in [1.165, 1.54) is 6.07 Å². The van der Waals surface area contributed by atoms with Crippen LogP contribution < -0.4 is 0 Å². The van der Waals surface area contributed by atoms with Gasteiger partial charge in [0.2, 0.25) is 11.6 Å². The van der Waals surface area contributed by atoms with Crippen LogP contribution in [0.3, 0.4) is 0 Å². The number of aliphatic hydroxyl groups is 1. The predicted molar refractivity (Wildman–Crippen MR) is 46.4 cm³/mol. The summed E-state index contributed by atoms with van der Waals surface area (Å²) in [4.78, 5) is 22.2. The average Bonchev–Trinajstić information content (AvgIpc) is 2.15. The quantitative estimate of drug-likeness (QED) is 0.622. The average molecular weight is 186 g/mol. The summed E-state index contributed by atoms with van der Waals surface area (Å²) in [6.07, 6.45) is 0.949. The highest BCUT2D eigenvalue weighted by Crippen LogP contribution is 2.22. The zero-order valence-electron chi connectivity index (χ0n) is 6.65. The minimum absolute atomic E-state index is 0.139. The first-order valence-corrected chi connectivity index (χ1v) is 3.79. The fourth-order valence-corrected chi connectivity index (χ4v) is 1.30. The van der Waals surface area contributed by atoms with Gasteiger partial charge in [-0.05, 0) is 0 Å². The summed E-state index contributed by atoms with van der Waals surface area (Å²) < 4.78 is 0. The first-order valence-electron chi connectivity index (χ1n) is 3.79. The maximum Gasteiger partial charge on any atom is 0.233 e. The SMILES string of the molecule is O=C1C=C(O)[14c]2[14cH][14cH][14cH][14cH][14c]2C1=O. The Balaban J connectivity index is 2.72. The van der Waals surface area contributed by atoms with Crippen molar-refractivity contribution < 1.29 is 14.7 Å². The lowest BCUT2D eigenvalue weighted by molar-refractivity contribution is -0.111. The number of rotatable bonds is 0. The molecule has 0 saturated heterocycles. The highest BCUT2D eigenvalue weighted by atomic mass is 16.3. The highest BCUT2D eigenvalue weighted by molar-refractivity contribution is 6.50. The van der Waals surface area contributed by atoms with Gasteiger partial charge in [-0.3, -0.25) is 9.59 Å². The molecule has 0 aromatic heterocycles. The van der Waals surface area contributed by atoms with Crippen molar-refractivity contribution >= 4 is 17.3 Å². The highest BCUT2D eigenvalue weighted by Gasteiger charge is 2.24. The summed E-state index contributed by atoms with van der Waals surface area (Å²) >= 11 is 0. The number of hydrogen-bond donors (Lipinski definition) is 1. The molecule has 1 aliphatic carbocycles. The molecule has 0 saturated carbocycles. The van der Waals surface area contributed by atoms with Crippen molar-refractivity contribution in [2.45, 2.75) is 0 Å². The monoisotopic (exact) mass is 186 g/mol. The Bertz CT molecular complexity index is 430. The van der Waals surface area contributed by atoms with Gasteiger partial charge in [-0.15, -0.1) is 0 Å². The van der Waals surface area contributed by atoms with Crippen LogP contribution in [0.4, 0.5) is 0 Å². The molecule has 1 aliphatic rings. The Kier molecular flexibility index (Phi) is 1.52. The topological polar surface area (TPSA) is 54.4 Å². The largest absolute Gasteiger partial charge is 0.507 e. The normalized spacial score (nSPS) is 15.2.